The van der Waals surface area contributed by atoms with Crippen molar-refractivity contribution < 1.29 is 18.8 Å². The SMILES string of the molecule is CC(=O)C1C=C2N=NC3=Nc4ccccc4OC(=C23)C1B1OC(C)(C)C(C)(C)O1. The molecule has 0 N–H and O–H groups in total. The third-order valence-electron chi connectivity index (χ3n) is 6.35. The van der Waals surface area contributed by atoms with Crippen LogP contribution < -0.4 is 4.74 Å². The lowest BCUT2D eigenvalue weighted by molar-refractivity contribution is -0.119. The van der Waals surface area contributed by atoms with E-state index in [1.807, 2.05) is 58.0 Å². The molecule has 4 aliphatic rings. The van der Waals surface area contributed by atoms with Crippen LogP contribution in [0.1, 0.15) is 34.6 Å². The first-order valence-electron chi connectivity index (χ1n) is 9.78. The maximum Gasteiger partial charge on any atom is 0.470 e. The fraction of sp³-hybridized carbons (Fsp3) is 0.429. The lowest BCUT2D eigenvalue weighted by atomic mass is 9.60. The molecule has 3 heterocycles. The molecular formula is C21H22BN3O4. The first-order valence-corrected chi connectivity index (χ1v) is 9.78. The topological polar surface area (TPSA) is 81.8 Å². The maximum absolute atomic E-state index is 12.6. The predicted octanol–water partition coefficient (Wildman–Crippen LogP) is 4.39. The van der Waals surface area contributed by atoms with Crippen molar-refractivity contribution in [3.05, 3.63) is 47.4 Å². The van der Waals surface area contributed by atoms with Crippen LogP contribution in [0.3, 0.4) is 0 Å². The Kier molecular flexibility index (Phi) is 3.80. The van der Waals surface area contributed by atoms with Crippen LogP contribution in [-0.2, 0) is 14.1 Å². The first kappa shape index (κ1) is 18.5. The quantitative estimate of drug-likeness (QED) is 0.700. The summed E-state index contributed by atoms with van der Waals surface area (Å²) >= 11 is 0. The molecule has 0 aromatic heterocycles. The molecule has 0 saturated carbocycles. The van der Waals surface area contributed by atoms with Gasteiger partial charge >= 0.3 is 7.12 Å². The fourth-order valence-corrected chi connectivity index (χ4v) is 4.04. The van der Waals surface area contributed by atoms with E-state index >= 15 is 0 Å². The number of amidine groups is 1. The maximum atomic E-state index is 12.6. The minimum Gasteiger partial charge on any atom is -0.459 e. The van der Waals surface area contributed by atoms with Crippen LogP contribution >= 0.6 is 0 Å². The summed E-state index contributed by atoms with van der Waals surface area (Å²) in [5.74, 6) is 0.700. The fourth-order valence-electron chi connectivity index (χ4n) is 4.04. The van der Waals surface area contributed by atoms with Gasteiger partial charge in [-0.2, -0.15) is 0 Å². The van der Waals surface area contributed by atoms with Crippen LogP contribution in [0.15, 0.2) is 62.6 Å². The third-order valence-corrected chi connectivity index (χ3v) is 6.35. The van der Waals surface area contributed by atoms with Gasteiger partial charge in [-0.05, 0) is 52.8 Å². The zero-order chi connectivity index (χ0) is 20.6. The number of carbonyl (C=O) groups excluding carboxylic acids is 1. The van der Waals surface area contributed by atoms with Crippen LogP contribution in [0.5, 0.6) is 5.75 Å². The molecule has 29 heavy (non-hydrogen) atoms. The Morgan fingerprint density at radius 2 is 1.76 bits per heavy atom. The van der Waals surface area contributed by atoms with Gasteiger partial charge in [0.05, 0.1) is 28.3 Å². The van der Waals surface area contributed by atoms with Gasteiger partial charge in [0.15, 0.2) is 11.6 Å². The molecule has 1 fully saturated rings. The highest BCUT2D eigenvalue weighted by Crippen LogP contribution is 2.51. The normalized spacial score (nSPS) is 28.2. The Balaban J connectivity index is 1.67. The molecule has 1 aromatic carbocycles. The standard InChI is InChI=1S/C21H22BN3O4/c1-11(26)12-10-14-16-18(17(12)22-28-20(2,3)21(4,5)29-22)27-15-9-7-6-8-13(15)23-19(16)25-24-14/h6-10,12,17H,1-5H3. The van der Waals surface area contributed by atoms with E-state index in [4.69, 9.17) is 14.0 Å². The molecule has 148 valence electrons. The van der Waals surface area contributed by atoms with E-state index in [0.717, 1.165) is 0 Å². The lowest BCUT2D eigenvalue weighted by Gasteiger charge is -2.32. The Hall–Kier alpha value is -2.58. The Labute approximate surface area is 169 Å². The molecule has 1 aromatic rings. The minimum atomic E-state index is -0.652. The zero-order valence-corrected chi connectivity index (χ0v) is 17.1. The van der Waals surface area contributed by atoms with Gasteiger partial charge in [-0.25, -0.2) is 4.99 Å². The van der Waals surface area contributed by atoms with Crippen molar-refractivity contribution in [2.24, 2.45) is 21.1 Å². The average molecular weight is 391 g/mol. The summed E-state index contributed by atoms with van der Waals surface area (Å²) in [6, 6.07) is 7.50. The molecule has 0 radical (unpaired) electrons. The number of fused-ring (bicyclic) bond motifs is 1. The van der Waals surface area contributed by atoms with Gasteiger partial charge in [0.25, 0.3) is 0 Å². The number of para-hydroxylation sites is 2. The van der Waals surface area contributed by atoms with Gasteiger partial charge in [0.1, 0.15) is 17.2 Å². The number of hydrogen-bond donors (Lipinski definition) is 0. The molecule has 0 spiro atoms. The van der Waals surface area contributed by atoms with Crippen molar-refractivity contribution in [3.63, 3.8) is 0 Å². The van der Waals surface area contributed by atoms with Crippen LogP contribution in [0.2, 0.25) is 5.82 Å². The smallest absolute Gasteiger partial charge is 0.459 e. The second-order valence-electron chi connectivity index (χ2n) is 8.78. The number of nitrogens with zero attached hydrogens (tertiary/aromatic N) is 3. The van der Waals surface area contributed by atoms with Crippen LogP contribution in [0.4, 0.5) is 5.69 Å². The second-order valence-corrected chi connectivity index (χ2v) is 8.78. The summed E-state index contributed by atoms with van der Waals surface area (Å²) in [7, 11) is -0.652. The zero-order valence-electron chi connectivity index (χ0n) is 17.1. The molecule has 2 atom stereocenters. The molecule has 5 rings (SSSR count). The number of carbonyl (C=O) groups is 1. The second kappa shape index (κ2) is 5.97. The molecule has 3 aliphatic heterocycles. The van der Waals surface area contributed by atoms with Crippen LogP contribution in [0, 0.1) is 5.92 Å². The van der Waals surface area contributed by atoms with Crippen molar-refractivity contribution >= 4 is 24.4 Å². The van der Waals surface area contributed by atoms with E-state index < -0.39 is 30.1 Å². The summed E-state index contributed by atoms with van der Waals surface area (Å²) in [5, 5.41) is 8.50. The van der Waals surface area contributed by atoms with E-state index in [9.17, 15) is 4.79 Å². The number of Topliss-reactive ketones (excluding diaryl/α,β-unsaturated/α-hetero) is 1. The number of allylic oxidation sites excluding steroid dienone is 2. The largest absolute Gasteiger partial charge is 0.470 e. The summed E-state index contributed by atoms with van der Waals surface area (Å²) in [5.41, 5.74) is 0.929. The van der Waals surface area contributed by atoms with Crippen molar-refractivity contribution in [2.75, 3.05) is 0 Å². The summed E-state index contributed by atoms with van der Waals surface area (Å²) in [6.07, 6.45) is 1.84. The summed E-state index contributed by atoms with van der Waals surface area (Å²) in [4.78, 5) is 17.3. The predicted molar refractivity (Wildman–Crippen MR) is 108 cm³/mol. The van der Waals surface area contributed by atoms with Gasteiger partial charge in [0.2, 0.25) is 0 Å². The van der Waals surface area contributed by atoms with Crippen molar-refractivity contribution in [1.29, 1.82) is 0 Å². The number of benzene rings is 1. The van der Waals surface area contributed by atoms with E-state index in [1.165, 1.54) is 0 Å². The molecule has 7 nitrogen and oxygen atoms in total. The van der Waals surface area contributed by atoms with Gasteiger partial charge < -0.3 is 14.0 Å². The number of aliphatic imine (C=N–C) groups is 1. The molecule has 2 unspecified atom stereocenters. The average Bonchev–Trinajstić information content (AvgIpc) is 3.06. The monoisotopic (exact) mass is 391 g/mol. The number of azo groups is 1. The van der Waals surface area contributed by atoms with Crippen molar-refractivity contribution in [3.8, 4) is 5.75 Å². The molecular weight excluding hydrogens is 369 g/mol. The molecule has 1 saturated heterocycles. The van der Waals surface area contributed by atoms with Gasteiger partial charge in [-0.15, -0.1) is 10.2 Å². The molecule has 1 aliphatic carbocycles. The Bertz CT molecular complexity index is 1040. The van der Waals surface area contributed by atoms with Gasteiger partial charge in [0, 0.05) is 5.92 Å². The van der Waals surface area contributed by atoms with Crippen molar-refractivity contribution in [2.45, 2.75) is 51.6 Å². The first-order chi connectivity index (χ1) is 13.7. The van der Waals surface area contributed by atoms with E-state index in [0.29, 0.717) is 34.3 Å². The Morgan fingerprint density at radius 3 is 2.45 bits per heavy atom. The number of ketones is 1. The highest BCUT2D eigenvalue weighted by Gasteiger charge is 2.58. The van der Waals surface area contributed by atoms with Gasteiger partial charge in [-0.1, -0.05) is 12.1 Å². The van der Waals surface area contributed by atoms with E-state index in [1.54, 1.807) is 6.92 Å². The summed E-state index contributed by atoms with van der Waals surface area (Å²) in [6.45, 7) is 9.54. The lowest BCUT2D eigenvalue weighted by Crippen LogP contribution is -2.41. The highest BCUT2D eigenvalue weighted by molar-refractivity contribution is 6.49. The number of ether oxygens (including phenoxy) is 1. The summed E-state index contributed by atoms with van der Waals surface area (Å²) < 4.78 is 19.0. The van der Waals surface area contributed by atoms with Crippen LogP contribution in [-0.4, -0.2) is 29.9 Å². The van der Waals surface area contributed by atoms with E-state index in [2.05, 4.69) is 15.2 Å². The van der Waals surface area contributed by atoms with Crippen molar-refractivity contribution in [1.82, 2.24) is 0 Å². The van der Waals surface area contributed by atoms with Gasteiger partial charge in [-0.3, -0.25) is 4.79 Å². The molecule has 8 heteroatoms. The molecule has 0 bridgehead atoms. The van der Waals surface area contributed by atoms with Crippen LogP contribution in [0.25, 0.3) is 0 Å². The minimum absolute atomic E-state index is 0.00881. The molecule has 0 amide bonds. The van der Waals surface area contributed by atoms with E-state index in [-0.39, 0.29) is 5.78 Å². The highest BCUT2D eigenvalue weighted by atomic mass is 16.7. The third kappa shape index (κ3) is 2.66. The number of rotatable bonds is 2. The number of hydrogen-bond acceptors (Lipinski definition) is 7. The Morgan fingerprint density at radius 1 is 1.07 bits per heavy atom.